The minimum Gasteiger partial charge on any atom is -0.507 e. The molecule has 1 unspecified atom stereocenters. The number of aliphatic hydroxyl groups is 1. The van der Waals surface area contributed by atoms with E-state index in [1.165, 1.54) is 0 Å². The molecule has 0 spiro atoms. The minimum absolute atomic E-state index is 0.135. The van der Waals surface area contributed by atoms with Crippen LogP contribution >= 0.6 is 0 Å². The van der Waals surface area contributed by atoms with Crippen LogP contribution in [-0.4, -0.2) is 35.4 Å². The Morgan fingerprint density at radius 3 is 2.53 bits per heavy atom. The maximum absolute atomic E-state index is 13.2. The molecule has 1 heterocycles. The summed E-state index contributed by atoms with van der Waals surface area (Å²) in [6.45, 7) is 4.34. The number of carbonyl (C=O) groups is 2. The van der Waals surface area contributed by atoms with E-state index in [-0.39, 0.29) is 11.3 Å². The molecule has 1 aliphatic rings. The van der Waals surface area contributed by atoms with Crippen molar-refractivity contribution in [2.24, 2.45) is 0 Å². The fourth-order valence-corrected chi connectivity index (χ4v) is 4.43. The molecule has 1 saturated heterocycles. The topological polar surface area (TPSA) is 66.8 Å². The third-order valence-electron chi connectivity index (χ3n) is 6.10. The number of fused-ring (bicyclic) bond motifs is 1. The van der Waals surface area contributed by atoms with Crippen molar-refractivity contribution in [2.75, 3.05) is 13.7 Å². The van der Waals surface area contributed by atoms with Gasteiger partial charge in [0.25, 0.3) is 11.7 Å². The maximum Gasteiger partial charge on any atom is 0.295 e. The number of methoxy groups -OCH3 is 1. The van der Waals surface area contributed by atoms with Crippen molar-refractivity contribution < 1.29 is 19.4 Å². The number of ketones is 1. The van der Waals surface area contributed by atoms with Crippen LogP contribution in [0.3, 0.4) is 0 Å². The third kappa shape index (κ3) is 3.64. The summed E-state index contributed by atoms with van der Waals surface area (Å²) < 4.78 is 5.27. The summed E-state index contributed by atoms with van der Waals surface area (Å²) in [7, 11) is 1.58. The van der Waals surface area contributed by atoms with Gasteiger partial charge in [-0.1, -0.05) is 55.8 Å². The van der Waals surface area contributed by atoms with Crippen molar-refractivity contribution in [1.29, 1.82) is 0 Å². The number of carbonyl (C=O) groups excluding carboxylic acids is 2. The van der Waals surface area contributed by atoms with Gasteiger partial charge in [0.15, 0.2) is 0 Å². The molecule has 0 radical (unpaired) electrons. The number of aliphatic hydroxyl groups excluding tert-OH is 1. The number of hydrogen-bond acceptors (Lipinski definition) is 4. The first kappa shape index (κ1) is 21.6. The monoisotopic (exact) mass is 429 g/mol. The van der Waals surface area contributed by atoms with Crippen LogP contribution in [0.1, 0.15) is 42.5 Å². The Hall–Kier alpha value is -3.60. The lowest BCUT2D eigenvalue weighted by Gasteiger charge is -2.26. The van der Waals surface area contributed by atoms with Gasteiger partial charge >= 0.3 is 0 Å². The van der Waals surface area contributed by atoms with Gasteiger partial charge in [-0.2, -0.15) is 0 Å². The van der Waals surface area contributed by atoms with Crippen molar-refractivity contribution in [3.63, 3.8) is 0 Å². The SMILES string of the molecule is CCCCN1C(=O)C(=O)/C(=C(/O)c2ccc(OC)cc2C)C1c1cccc2ccccc12. The van der Waals surface area contributed by atoms with Gasteiger partial charge in [0, 0.05) is 12.1 Å². The van der Waals surface area contributed by atoms with E-state index in [4.69, 9.17) is 4.74 Å². The van der Waals surface area contributed by atoms with Crippen molar-refractivity contribution in [3.05, 3.63) is 82.9 Å². The number of rotatable bonds is 6. The van der Waals surface area contributed by atoms with Gasteiger partial charge in [0.2, 0.25) is 0 Å². The number of hydrogen-bond donors (Lipinski definition) is 1. The van der Waals surface area contributed by atoms with Crippen molar-refractivity contribution in [3.8, 4) is 5.75 Å². The Bertz CT molecular complexity index is 1220. The van der Waals surface area contributed by atoms with Crippen LogP contribution in [0.15, 0.2) is 66.2 Å². The van der Waals surface area contributed by atoms with E-state index in [0.29, 0.717) is 17.9 Å². The predicted molar refractivity (Wildman–Crippen MR) is 126 cm³/mol. The molecule has 3 aromatic carbocycles. The highest BCUT2D eigenvalue weighted by molar-refractivity contribution is 6.46. The lowest BCUT2D eigenvalue weighted by Crippen LogP contribution is -2.30. The van der Waals surface area contributed by atoms with Gasteiger partial charge in [-0.15, -0.1) is 0 Å². The van der Waals surface area contributed by atoms with E-state index in [9.17, 15) is 14.7 Å². The van der Waals surface area contributed by atoms with Crippen LogP contribution in [0.5, 0.6) is 5.75 Å². The van der Waals surface area contributed by atoms with Crippen LogP contribution < -0.4 is 4.74 Å². The zero-order valence-electron chi connectivity index (χ0n) is 18.6. The van der Waals surface area contributed by atoms with E-state index in [2.05, 4.69) is 0 Å². The van der Waals surface area contributed by atoms with Crippen molar-refractivity contribution in [2.45, 2.75) is 32.7 Å². The van der Waals surface area contributed by atoms with E-state index in [1.807, 2.05) is 56.3 Å². The van der Waals surface area contributed by atoms with Gasteiger partial charge in [0.1, 0.15) is 11.5 Å². The summed E-state index contributed by atoms with van der Waals surface area (Å²) in [6, 6.07) is 18.4. The van der Waals surface area contributed by atoms with Gasteiger partial charge < -0.3 is 14.7 Å². The molecular formula is C27H27NO4. The van der Waals surface area contributed by atoms with E-state index in [0.717, 1.165) is 34.7 Å². The molecule has 3 aromatic rings. The van der Waals surface area contributed by atoms with Gasteiger partial charge in [0.05, 0.1) is 18.7 Å². The molecule has 164 valence electrons. The second-order valence-electron chi connectivity index (χ2n) is 8.10. The molecule has 0 saturated carbocycles. The minimum atomic E-state index is -0.647. The second-order valence-corrected chi connectivity index (χ2v) is 8.10. The standard InChI is InChI=1S/C27H27NO4/c1-4-5-15-28-24(22-12-8-10-18-9-6-7-11-21(18)22)23(26(30)27(28)31)25(29)20-14-13-19(32-3)16-17(20)2/h6-14,16,24,29H,4-5,15H2,1-3H3/b25-23+. The molecule has 32 heavy (non-hydrogen) atoms. The summed E-state index contributed by atoms with van der Waals surface area (Å²) in [5.74, 6) is -0.704. The van der Waals surface area contributed by atoms with Crippen molar-refractivity contribution in [1.82, 2.24) is 4.90 Å². The smallest absolute Gasteiger partial charge is 0.295 e. The molecule has 5 heteroatoms. The summed E-state index contributed by atoms with van der Waals surface area (Å²) >= 11 is 0. The van der Waals surface area contributed by atoms with Gasteiger partial charge in [-0.05, 0) is 53.4 Å². The third-order valence-corrected chi connectivity index (χ3v) is 6.10. The summed E-state index contributed by atoms with van der Waals surface area (Å²) in [4.78, 5) is 27.9. The zero-order chi connectivity index (χ0) is 22.8. The van der Waals surface area contributed by atoms with Crippen LogP contribution in [0.2, 0.25) is 0 Å². The Kier molecular flexibility index (Phi) is 5.99. The molecular weight excluding hydrogens is 402 g/mol. The van der Waals surface area contributed by atoms with Gasteiger partial charge in [-0.25, -0.2) is 0 Å². The summed E-state index contributed by atoms with van der Waals surface area (Å²) in [6.07, 6.45) is 1.67. The summed E-state index contributed by atoms with van der Waals surface area (Å²) in [5, 5.41) is 13.3. The first-order chi connectivity index (χ1) is 15.5. The molecule has 0 bridgehead atoms. The molecule has 1 aliphatic heterocycles. The normalized spacial score (nSPS) is 17.8. The summed E-state index contributed by atoms with van der Waals surface area (Å²) in [5.41, 5.74) is 2.25. The number of unbranched alkanes of at least 4 members (excludes halogenated alkanes) is 1. The number of amides is 1. The highest BCUT2D eigenvalue weighted by atomic mass is 16.5. The van der Waals surface area contributed by atoms with Crippen LogP contribution in [0, 0.1) is 6.92 Å². The number of Topliss-reactive ketones (excluding diaryl/α,β-unsaturated/α-hetero) is 1. The van der Waals surface area contributed by atoms with E-state index in [1.54, 1.807) is 30.2 Å². The van der Waals surface area contributed by atoms with Gasteiger partial charge in [-0.3, -0.25) is 9.59 Å². The number of benzene rings is 3. The molecule has 0 aromatic heterocycles. The number of likely N-dealkylation sites (tertiary alicyclic amines) is 1. The molecule has 1 N–H and O–H groups in total. The fourth-order valence-electron chi connectivity index (χ4n) is 4.43. The first-order valence-electron chi connectivity index (χ1n) is 10.9. The van der Waals surface area contributed by atoms with Crippen LogP contribution in [-0.2, 0) is 9.59 Å². The maximum atomic E-state index is 13.2. The largest absolute Gasteiger partial charge is 0.507 e. The predicted octanol–water partition coefficient (Wildman–Crippen LogP) is 5.38. The molecule has 1 fully saturated rings. The average molecular weight is 430 g/mol. The quantitative estimate of drug-likeness (QED) is 0.325. The first-order valence-corrected chi connectivity index (χ1v) is 10.9. The Labute approximate surface area is 187 Å². The lowest BCUT2D eigenvalue weighted by atomic mass is 9.91. The number of nitrogens with zero attached hydrogens (tertiary/aromatic N) is 1. The number of aryl methyl sites for hydroxylation is 1. The van der Waals surface area contributed by atoms with E-state index < -0.39 is 17.7 Å². The Morgan fingerprint density at radius 1 is 1.06 bits per heavy atom. The van der Waals surface area contributed by atoms with E-state index >= 15 is 0 Å². The zero-order valence-corrected chi connectivity index (χ0v) is 18.6. The Morgan fingerprint density at radius 2 is 1.81 bits per heavy atom. The fraction of sp³-hybridized carbons (Fsp3) is 0.259. The molecule has 4 rings (SSSR count). The lowest BCUT2D eigenvalue weighted by molar-refractivity contribution is -0.139. The van der Waals surface area contributed by atoms with Crippen LogP contribution in [0.25, 0.3) is 16.5 Å². The number of ether oxygens (including phenoxy) is 1. The highest BCUT2D eigenvalue weighted by Crippen LogP contribution is 2.42. The van der Waals surface area contributed by atoms with Crippen LogP contribution in [0.4, 0.5) is 0 Å². The molecule has 5 nitrogen and oxygen atoms in total. The molecule has 0 aliphatic carbocycles. The second kappa shape index (κ2) is 8.87. The molecule has 1 atom stereocenters. The Balaban J connectivity index is 1.96. The molecule has 1 amide bonds. The van der Waals surface area contributed by atoms with Crippen molar-refractivity contribution >= 4 is 28.2 Å². The highest BCUT2D eigenvalue weighted by Gasteiger charge is 2.46. The average Bonchev–Trinajstić information content (AvgIpc) is 3.06.